The normalized spacial score (nSPS) is 10.8. The van der Waals surface area contributed by atoms with Gasteiger partial charge >= 0.3 is 0 Å². The maximum Gasteiger partial charge on any atom is 0.260 e. The van der Waals surface area contributed by atoms with Gasteiger partial charge in [-0.2, -0.15) is 0 Å². The van der Waals surface area contributed by atoms with Crippen molar-refractivity contribution in [3.8, 4) is 11.3 Å². The van der Waals surface area contributed by atoms with E-state index >= 15 is 0 Å². The number of nitrogens with zero attached hydrogens (tertiary/aromatic N) is 1. The zero-order valence-electron chi connectivity index (χ0n) is 13.4. The average Bonchev–Trinajstić information content (AvgIpc) is 3.09. The molecule has 0 aliphatic heterocycles. The maximum absolute atomic E-state index is 12.5. The molecule has 0 saturated carbocycles. The van der Waals surface area contributed by atoms with Crippen molar-refractivity contribution in [3.05, 3.63) is 81.7 Å². The number of aromatic nitrogens is 1. The summed E-state index contributed by atoms with van der Waals surface area (Å²) < 4.78 is 0. The summed E-state index contributed by atoms with van der Waals surface area (Å²) in [5.41, 5.74) is 2.08. The van der Waals surface area contributed by atoms with Crippen LogP contribution in [0.2, 0.25) is 10.0 Å². The Morgan fingerprint density at radius 2 is 1.62 bits per heavy atom. The number of fused-ring (bicyclic) bond motifs is 1. The summed E-state index contributed by atoms with van der Waals surface area (Å²) in [7, 11) is 0. The SMILES string of the molecule is O=C(Nc1nc(-c2cccc3ccccc23)cs1)c1c(Cl)cccc1Cl. The zero-order valence-corrected chi connectivity index (χ0v) is 15.7. The minimum atomic E-state index is -0.376. The van der Waals surface area contributed by atoms with Crippen LogP contribution in [0.1, 0.15) is 10.4 Å². The number of thiazole rings is 1. The number of anilines is 1. The van der Waals surface area contributed by atoms with Gasteiger partial charge in [-0.3, -0.25) is 10.1 Å². The molecule has 4 aromatic rings. The van der Waals surface area contributed by atoms with Crippen molar-refractivity contribution in [2.45, 2.75) is 0 Å². The molecule has 6 heteroatoms. The molecule has 0 unspecified atom stereocenters. The summed E-state index contributed by atoms with van der Waals surface area (Å²) in [6, 6.07) is 19.2. The summed E-state index contributed by atoms with van der Waals surface area (Å²) in [6.07, 6.45) is 0. The van der Waals surface area contributed by atoms with E-state index in [2.05, 4.69) is 28.5 Å². The Kier molecular flexibility index (Phi) is 4.64. The molecule has 1 heterocycles. The second-order valence-corrected chi connectivity index (χ2v) is 7.29. The summed E-state index contributed by atoms with van der Waals surface area (Å²) in [4.78, 5) is 17.1. The Hall–Kier alpha value is -2.40. The molecule has 26 heavy (non-hydrogen) atoms. The average molecular weight is 399 g/mol. The van der Waals surface area contributed by atoms with Crippen LogP contribution in [-0.4, -0.2) is 10.9 Å². The summed E-state index contributed by atoms with van der Waals surface area (Å²) in [6.45, 7) is 0. The third kappa shape index (κ3) is 3.19. The lowest BCUT2D eigenvalue weighted by Crippen LogP contribution is -2.12. The van der Waals surface area contributed by atoms with Crippen LogP contribution in [0.15, 0.2) is 66.0 Å². The lowest BCUT2D eigenvalue weighted by atomic mass is 10.0. The van der Waals surface area contributed by atoms with Crippen molar-refractivity contribution in [1.29, 1.82) is 0 Å². The molecule has 4 rings (SSSR count). The van der Waals surface area contributed by atoms with Gasteiger partial charge in [0.1, 0.15) is 0 Å². The number of benzene rings is 3. The minimum Gasteiger partial charge on any atom is -0.298 e. The van der Waals surface area contributed by atoms with Crippen LogP contribution in [-0.2, 0) is 0 Å². The Labute approximate surface area is 164 Å². The number of halogens is 2. The van der Waals surface area contributed by atoms with E-state index in [0.717, 1.165) is 22.0 Å². The number of carbonyl (C=O) groups excluding carboxylic acids is 1. The highest BCUT2D eigenvalue weighted by atomic mass is 35.5. The van der Waals surface area contributed by atoms with Crippen LogP contribution < -0.4 is 5.32 Å². The third-order valence-corrected chi connectivity index (χ3v) is 5.37. The fraction of sp³-hybridized carbons (Fsp3) is 0. The first kappa shape index (κ1) is 17.0. The Bertz CT molecular complexity index is 1100. The number of nitrogens with one attached hydrogen (secondary N) is 1. The van der Waals surface area contributed by atoms with Gasteiger partial charge in [-0.05, 0) is 22.9 Å². The van der Waals surface area contributed by atoms with Gasteiger partial charge < -0.3 is 0 Å². The molecule has 128 valence electrons. The quantitative estimate of drug-likeness (QED) is 0.426. The standard InChI is InChI=1S/C20H12Cl2N2OS/c21-15-9-4-10-16(22)18(15)19(25)24-20-23-17(11-26-20)14-8-3-6-12-5-1-2-7-13(12)14/h1-11H,(H,23,24,25). The van der Waals surface area contributed by atoms with E-state index in [1.165, 1.54) is 11.3 Å². The lowest BCUT2D eigenvalue weighted by molar-refractivity contribution is 0.102. The van der Waals surface area contributed by atoms with Crippen LogP contribution >= 0.6 is 34.5 Å². The monoisotopic (exact) mass is 398 g/mol. The molecule has 0 aliphatic carbocycles. The van der Waals surface area contributed by atoms with E-state index < -0.39 is 0 Å². The fourth-order valence-electron chi connectivity index (χ4n) is 2.78. The van der Waals surface area contributed by atoms with Gasteiger partial charge in [0.15, 0.2) is 5.13 Å². The smallest absolute Gasteiger partial charge is 0.260 e. The number of rotatable bonds is 3. The van der Waals surface area contributed by atoms with Crippen LogP contribution in [0.5, 0.6) is 0 Å². The highest BCUT2D eigenvalue weighted by Gasteiger charge is 2.16. The predicted molar refractivity (Wildman–Crippen MR) is 109 cm³/mol. The molecular formula is C20H12Cl2N2OS. The molecule has 3 aromatic carbocycles. The molecule has 0 aliphatic rings. The van der Waals surface area contributed by atoms with Crippen LogP contribution in [0, 0.1) is 0 Å². The van der Waals surface area contributed by atoms with Crippen LogP contribution in [0.3, 0.4) is 0 Å². The Morgan fingerprint density at radius 1 is 0.923 bits per heavy atom. The minimum absolute atomic E-state index is 0.248. The number of hydrogen-bond acceptors (Lipinski definition) is 3. The Morgan fingerprint density at radius 3 is 2.42 bits per heavy atom. The number of hydrogen-bond donors (Lipinski definition) is 1. The van der Waals surface area contributed by atoms with Crippen molar-refractivity contribution in [2.24, 2.45) is 0 Å². The van der Waals surface area contributed by atoms with Crippen LogP contribution in [0.25, 0.3) is 22.0 Å². The largest absolute Gasteiger partial charge is 0.298 e. The van der Waals surface area contributed by atoms with Crippen LogP contribution in [0.4, 0.5) is 5.13 Å². The molecule has 1 aromatic heterocycles. The van der Waals surface area contributed by atoms with Crippen molar-refractivity contribution < 1.29 is 4.79 Å². The van der Waals surface area contributed by atoms with E-state index in [1.54, 1.807) is 18.2 Å². The van der Waals surface area contributed by atoms with Crippen molar-refractivity contribution in [1.82, 2.24) is 4.98 Å². The molecule has 0 spiro atoms. The number of carbonyl (C=O) groups is 1. The molecular weight excluding hydrogens is 387 g/mol. The van der Waals surface area contributed by atoms with E-state index in [0.29, 0.717) is 15.2 Å². The van der Waals surface area contributed by atoms with Gasteiger partial charge in [-0.25, -0.2) is 4.98 Å². The molecule has 0 atom stereocenters. The van der Waals surface area contributed by atoms with Gasteiger partial charge in [0, 0.05) is 10.9 Å². The topological polar surface area (TPSA) is 42.0 Å². The molecule has 1 N–H and O–H groups in total. The van der Waals surface area contributed by atoms with E-state index in [9.17, 15) is 4.79 Å². The van der Waals surface area contributed by atoms with Crippen molar-refractivity contribution in [2.75, 3.05) is 5.32 Å². The first-order chi connectivity index (χ1) is 12.6. The number of amides is 1. The lowest BCUT2D eigenvalue weighted by Gasteiger charge is -2.06. The summed E-state index contributed by atoms with van der Waals surface area (Å²) >= 11 is 13.5. The molecule has 0 radical (unpaired) electrons. The first-order valence-corrected chi connectivity index (χ1v) is 9.46. The highest BCUT2D eigenvalue weighted by molar-refractivity contribution is 7.14. The van der Waals surface area contributed by atoms with E-state index in [-0.39, 0.29) is 11.5 Å². The van der Waals surface area contributed by atoms with Gasteiger partial charge in [-0.15, -0.1) is 11.3 Å². The third-order valence-electron chi connectivity index (χ3n) is 3.98. The predicted octanol–water partition coefficient (Wildman–Crippen LogP) is 6.52. The molecule has 3 nitrogen and oxygen atoms in total. The van der Waals surface area contributed by atoms with Gasteiger partial charge in [0.25, 0.3) is 5.91 Å². The fourth-order valence-corrected chi connectivity index (χ4v) is 4.05. The molecule has 1 amide bonds. The second kappa shape index (κ2) is 7.08. The molecule has 0 saturated heterocycles. The second-order valence-electron chi connectivity index (χ2n) is 5.62. The van der Waals surface area contributed by atoms with Crippen molar-refractivity contribution >= 4 is 56.3 Å². The summed E-state index contributed by atoms with van der Waals surface area (Å²) in [5.74, 6) is -0.376. The highest BCUT2D eigenvalue weighted by Crippen LogP contribution is 2.32. The van der Waals surface area contributed by atoms with E-state index in [4.69, 9.17) is 23.2 Å². The summed E-state index contributed by atoms with van der Waals surface area (Å²) in [5, 5.41) is 8.07. The first-order valence-electron chi connectivity index (χ1n) is 7.82. The van der Waals surface area contributed by atoms with Gasteiger partial charge in [0.05, 0.1) is 21.3 Å². The van der Waals surface area contributed by atoms with Crippen molar-refractivity contribution in [3.63, 3.8) is 0 Å². The van der Waals surface area contributed by atoms with Gasteiger partial charge in [0.2, 0.25) is 0 Å². The van der Waals surface area contributed by atoms with Gasteiger partial charge in [-0.1, -0.05) is 71.7 Å². The zero-order chi connectivity index (χ0) is 18.1. The molecule has 0 fully saturated rings. The maximum atomic E-state index is 12.5. The Balaban J connectivity index is 1.65. The van der Waals surface area contributed by atoms with E-state index in [1.807, 2.05) is 29.6 Å². The molecule has 0 bridgehead atoms.